The molecule has 0 bridgehead atoms. The van der Waals surface area contributed by atoms with E-state index in [1.54, 1.807) is 6.07 Å². The van der Waals surface area contributed by atoms with Gasteiger partial charge in [-0.1, -0.05) is 0 Å². The van der Waals surface area contributed by atoms with Gasteiger partial charge < -0.3 is 18.8 Å². The molecule has 21 heavy (non-hydrogen) atoms. The molecule has 1 aromatic heterocycles. The molecule has 0 aliphatic carbocycles. The molecule has 3 rings (SSSR count). The molecular formula is C15H18ClNO4. The lowest BCUT2D eigenvalue weighted by Gasteiger charge is -2.14. The van der Waals surface area contributed by atoms with Gasteiger partial charge in [0.2, 0.25) is 5.75 Å². The summed E-state index contributed by atoms with van der Waals surface area (Å²) in [6.45, 7) is 1.93. The fraction of sp³-hybridized carbons (Fsp3) is 0.400. The first-order chi connectivity index (χ1) is 9.65. The Bertz CT molecular complexity index is 696. The molecular weight excluding hydrogens is 294 g/mol. The topological polar surface area (TPSA) is 51.9 Å². The Morgan fingerprint density at radius 3 is 2.90 bits per heavy atom. The minimum Gasteiger partial charge on any atom is -0.489 e. The first kappa shape index (κ1) is 15.7. The molecule has 2 aromatic rings. The SMILES string of the molecule is CN(C)CCOc1c2c(cc3ccc(=O)oc13)CCO2.Cl. The van der Waals surface area contributed by atoms with Gasteiger partial charge in [-0.15, -0.1) is 12.4 Å². The Labute approximate surface area is 128 Å². The Kier molecular flexibility index (Phi) is 4.75. The Hall–Kier alpha value is -1.72. The smallest absolute Gasteiger partial charge is 0.336 e. The van der Waals surface area contributed by atoms with Crippen molar-refractivity contribution in [2.45, 2.75) is 6.42 Å². The van der Waals surface area contributed by atoms with Crippen LogP contribution in [0.4, 0.5) is 0 Å². The zero-order valence-electron chi connectivity index (χ0n) is 12.0. The maximum atomic E-state index is 11.4. The quantitative estimate of drug-likeness (QED) is 0.809. The summed E-state index contributed by atoms with van der Waals surface area (Å²) in [5.74, 6) is 1.26. The molecule has 2 heterocycles. The van der Waals surface area contributed by atoms with Crippen LogP contribution >= 0.6 is 12.4 Å². The van der Waals surface area contributed by atoms with Crippen LogP contribution in [0.3, 0.4) is 0 Å². The average molecular weight is 312 g/mol. The lowest BCUT2D eigenvalue weighted by molar-refractivity contribution is 0.247. The maximum Gasteiger partial charge on any atom is 0.336 e. The van der Waals surface area contributed by atoms with E-state index >= 15 is 0 Å². The molecule has 0 saturated carbocycles. The molecule has 0 saturated heterocycles. The predicted molar refractivity (Wildman–Crippen MR) is 83.0 cm³/mol. The van der Waals surface area contributed by atoms with E-state index in [4.69, 9.17) is 13.9 Å². The number of nitrogens with zero attached hydrogens (tertiary/aromatic N) is 1. The minimum absolute atomic E-state index is 0. The average Bonchev–Trinajstić information content (AvgIpc) is 2.86. The summed E-state index contributed by atoms with van der Waals surface area (Å²) in [7, 11) is 3.96. The number of halogens is 1. The number of hydrogen-bond donors (Lipinski definition) is 0. The van der Waals surface area contributed by atoms with Crippen LogP contribution in [0.15, 0.2) is 27.4 Å². The first-order valence-corrected chi connectivity index (χ1v) is 6.65. The lowest BCUT2D eigenvalue weighted by Crippen LogP contribution is -2.19. The predicted octanol–water partition coefficient (Wildman–Crippen LogP) is 2.09. The number of hydrogen-bond acceptors (Lipinski definition) is 5. The molecule has 6 heteroatoms. The molecule has 0 unspecified atom stereocenters. The van der Waals surface area contributed by atoms with Crippen LogP contribution in [0.25, 0.3) is 11.0 Å². The Morgan fingerprint density at radius 1 is 1.33 bits per heavy atom. The van der Waals surface area contributed by atoms with Gasteiger partial charge in [0, 0.05) is 30.0 Å². The van der Waals surface area contributed by atoms with Crippen molar-refractivity contribution in [1.82, 2.24) is 4.90 Å². The van der Waals surface area contributed by atoms with Crippen LogP contribution in [0.2, 0.25) is 0 Å². The van der Waals surface area contributed by atoms with Gasteiger partial charge >= 0.3 is 5.63 Å². The molecule has 1 aromatic carbocycles. The van der Waals surface area contributed by atoms with E-state index in [2.05, 4.69) is 0 Å². The van der Waals surface area contributed by atoms with E-state index in [1.165, 1.54) is 6.07 Å². The third-order valence-electron chi connectivity index (χ3n) is 3.30. The van der Waals surface area contributed by atoms with E-state index in [9.17, 15) is 4.79 Å². The molecule has 1 aliphatic rings. The van der Waals surface area contributed by atoms with Gasteiger partial charge in [-0.3, -0.25) is 0 Å². The molecule has 0 amide bonds. The molecule has 114 valence electrons. The maximum absolute atomic E-state index is 11.4. The molecule has 0 atom stereocenters. The van der Waals surface area contributed by atoms with Crippen LogP contribution in [-0.2, 0) is 6.42 Å². The molecule has 0 radical (unpaired) electrons. The molecule has 0 spiro atoms. The highest BCUT2D eigenvalue weighted by Gasteiger charge is 2.22. The largest absolute Gasteiger partial charge is 0.489 e. The van der Waals surface area contributed by atoms with Crippen molar-refractivity contribution < 1.29 is 13.9 Å². The van der Waals surface area contributed by atoms with Gasteiger partial charge in [0.1, 0.15) is 6.61 Å². The van der Waals surface area contributed by atoms with Crippen molar-refractivity contribution in [3.63, 3.8) is 0 Å². The minimum atomic E-state index is -0.382. The highest BCUT2D eigenvalue weighted by atomic mass is 35.5. The van der Waals surface area contributed by atoms with Crippen molar-refractivity contribution in [3.8, 4) is 11.5 Å². The summed E-state index contributed by atoms with van der Waals surface area (Å²) >= 11 is 0. The van der Waals surface area contributed by atoms with E-state index < -0.39 is 0 Å². The van der Waals surface area contributed by atoms with Crippen LogP contribution in [-0.4, -0.2) is 38.8 Å². The highest BCUT2D eigenvalue weighted by Crippen LogP contribution is 2.41. The van der Waals surface area contributed by atoms with Crippen LogP contribution < -0.4 is 15.1 Å². The third kappa shape index (κ3) is 3.14. The fourth-order valence-corrected chi connectivity index (χ4v) is 2.29. The number of likely N-dealkylation sites (N-methyl/N-ethyl adjacent to an activating group) is 1. The zero-order chi connectivity index (χ0) is 14.1. The van der Waals surface area contributed by atoms with E-state index in [0.717, 1.165) is 23.9 Å². The van der Waals surface area contributed by atoms with Crippen LogP contribution in [0, 0.1) is 0 Å². The molecule has 5 nitrogen and oxygen atoms in total. The number of fused-ring (bicyclic) bond motifs is 2. The summed E-state index contributed by atoms with van der Waals surface area (Å²) in [4.78, 5) is 13.5. The summed E-state index contributed by atoms with van der Waals surface area (Å²) in [6.07, 6.45) is 0.856. The first-order valence-electron chi connectivity index (χ1n) is 6.65. The summed E-state index contributed by atoms with van der Waals surface area (Å²) < 4.78 is 16.8. The second-order valence-corrected chi connectivity index (χ2v) is 5.12. The van der Waals surface area contributed by atoms with E-state index in [1.807, 2.05) is 25.1 Å². The van der Waals surface area contributed by atoms with Crippen molar-refractivity contribution >= 4 is 23.4 Å². The Balaban J connectivity index is 0.00000161. The molecule has 0 fully saturated rings. The highest BCUT2D eigenvalue weighted by molar-refractivity contribution is 5.87. The van der Waals surface area contributed by atoms with Crippen LogP contribution in [0.1, 0.15) is 5.56 Å². The van der Waals surface area contributed by atoms with E-state index in [0.29, 0.717) is 30.3 Å². The van der Waals surface area contributed by atoms with Gasteiger partial charge in [-0.2, -0.15) is 0 Å². The summed E-state index contributed by atoms with van der Waals surface area (Å²) in [5, 5.41) is 0.869. The number of ether oxygens (including phenoxy) is 2. The Morgan fingerprint density at radius 2 is 2.14 bits per heavy atom. The van der Waals surface area contributed by atoms with E-state index in [-0.39, 0.29) is 18.0 Å². The van der Waals surface area contributed by atoms with Gasteiger partial charge in [-0.05, 0) is 26.2 Å². The standard InChI is InChI=1S/C15H17NO4.ClH/c1-16(2)6-8-19-15-13-11(5-7-18-13)9-10-3-4-12(17)20-14(10)15;/h3-4,9H,5-8H2,1-2H3;1H. The lowest BCUT2D eigenvalue weighted by atomic mass is 10.1. The van der Waals surface area contributed by atoms with Crippen molar-refractivity contribution in [1.29, 1.82) is 0 Å². The number of rotatable bonds is 4. The van der Waals surface area contributed by atoms with Crippen molar-refractivity contribution in [3.05, 3.63) is 34.2 Å². The molecule has 0 N–H and O–H groups in total. The number of benzene rings is 1. The van der Waals surface area contributed by atoms with Gasteiger partial charge in [0.05, 0.1) is 6.61 Å². The van der Waals surface area contributed by atoms with Gasteiger partial charge in [-0.25, -0.2) is 4.79 Å². The second-order valence-electron chi connectivity index (χ2n) is 5.12. The third-order valence-corrected chi connectivity index (χ3v) is 3.30. The van der Waals surface area contributed by atoms with Crippen LogP contribution in [0.5, 0.6) is 11.5 Å². The van der Waals surface area contributed by atoms with Crippen molar-refractivity contribution in [2.75, 3.05) is 33.9 Å². The fourth-order valence-electron chi connectivity index (χ4n) is 2.29. The summed E-state index contributed by atoms with van der Waals surface area (Å²) in [6, 6.07) is 5.19. The zero-order valence-corrected chi connectivity index (χ0v) is 12.9. The van der Waals surface area contributed by atoms with Gasteiger partial charge in [0.25, 0.3) is 0 Å². The normalized spacial score (nSPS) is 12.9. The van der Waals surface area contributed by atoms with Crippen molar-refractivity contribution in [2.24, 2.45) is 0 Å². The second kappa shape index (κ2) is 6.37. The monoisotopic (exact) mass is 311 g/mol. The van der Waals surface area contributed by atoms with Gasteiger partial charge in [0.15, 0.2) is 11.3 Å². The summed E-state index contributed by atoms with van der Waals surface area (Å²) in [5.41, 5.74) is 1.19. The molecule has 1 aliphatic heterocycles.